The number of halogens is 2. The highest BCUT2D eigenvalue weighted by molar-refractivity contribution is 6.44. The number of aromatic nitrogens is 2. The van der Waals surface area contributed by atoms with E-state index in [1.165, 1.54) is 6.07 Å². The minimum atomic E-state index is -1.16. The maximum atomic E-state index is 12.0. The quantitative estimate of drug-likeness (QED) is 0.343. The van der Waals surface area contributed by atoms with Crippen molar-refractivity contribution in [1.82, 2.24) is 9.55 Å². The van der Waals surface area contributed by atoms with Crippen molar-refractivity contribution in [1.29, 1.82) is 0 Å². The maximum absolute atomic E-state index is 12.0. The van der Waals surface area contributed by atoms with Crippen LogP contribution in [-0.4, -0.2) is 31.7 Å². The zero-order chi connectivity index (χ0) is 24.0. The fraction of sp³-hybridized carbons (Fsp3) is 0.240. The Morgan fingerprint density at radius 2 is 1.79 bits per heavy atom. The molecular formula is C25H24Cl2N2O4. The van der Waals surface area contributed by atoms with E-state index >= 15 is 0 Å². The second kappa shape index (κ2) is 11.2. The number of nitrogens with zero attached hydrogens (tertiary/aromatic N) is 2. The zero-order valence-corrected chi connectivity index (χ0v) is 19.6. The second-order valence-electron chi connectivity index (χ2n) is 7.63. The fourth-order valence-electron chi connectivity index (χ4n) is 3.49. The molecule has 8 heteroatoms. The molecule has 2 N–H and O–H groups in total. The number of rotatable bonds is 10. The van der Waals surface area contributed by atoms with Gasteiger partial charge in [-0.25, -0.2) is 14.6 Å². The van der Waals surface area contributed by atoms with Gasteiger partial charge in [-0.1, -0.05) is 72.9 Å². The number of benzene rings is 2. The largest absolute Gasteiger partial charge is 0.478 e. The SMILES string of the molecule is CCCCc1ncc(/C=C(\Cc2ccccc2)C(=O)O)n1Cc1ccc(C(=O)O)c(Cl)c1Cl. The molecule has 0 bridgehead atoms. The first-order chi connectivity index (χ1) is 15.8. The number of carbonyl (C=O) groups is 2. The molecule has 0 aliphatic heterocycles. The van der Waals surface area contributed by atoms with Gasteiger partial charge >= 0.3 is 11.9 Å². The number of carboxylic acid groups (broad SMARTS) is 2. The fourth-order valence-corrected chi connectivity index (χ4v) is 3.98. The maximum Gasteiger partial charge on any atom is 0.337 e. The summed E-state index contributed by atoms with van der Waals surface area (Å²) in [5.74, 6) is -1.37. The van der Waals surface area contributed by atoms with Gasteiger partial charge in [0.1, 0.15) is 5.82 Å². The van der Waals surface area contributed by atoms with Crippen molar-refractivity contribution in [2.24, 2.45) is 0 Å². The van der Waals surface area contributed by atoms with E-state index < -0.39 is 11.9 Å². The van der Waals surface area contributed by atoms with Crippen molar-refractivity contribution in [2.75, 3.05) is 0 Å². The molecular weight excluding hydrogens is 463 g/mol. The average Bonchev–Trinajstić information content (AvgIpc) is 3.16. The summed E-state index contributed by atoms with van der Waals surface area (Å²) >= 11 is 12.6. The van der Waals surface area contributed by atoms with Crippen molar-refractivity contribution in [3.05, 3.63) is 92.5 Å². The van der Waals surface area contributed by atoms with Gasteiger partial charge in [0.2, 0.25) is 0 Å². The molecule has 0 radical (unpaired) electrons. The summed E-state index contributed by atoms with van der Waals surface area (Å²) in [6, 6.07) is 12.4. The third-order valence-corrected chi connectivity index (χ3v) is 6.20. The highest BCUT2D eigenvalue weighted by Gasteiger charge is 2.18. The molecule has 0 spiro atoms. The van der Waals surface area contributed by atoms with Crippen LogP contribution >= 0.6 is 23.2 Å². The number of hydrogen-bond donors (Lipinski definition) is 2. The number of aliphatic carboxylic acids is 1. The first-order valence-electron chi connectivity index (χ1n) is 10.5. The van der Waals surface area contributed by atoms with Crippen molar-refractivity contribution in [3.63, 3.8) is 0 Å². The molecule has 1 aromatic heterocycles. The number of imidazole rings is 1. The first kappa shape index (κ1) is 24.6. The molecule has 2 aromatic carbocycles. The highest BCUT2D eigenvalue weighted by Crippen LogP contribution is 2.31. The van der Waals surface area contributed by atoms with Gasteiger partial charge in [0, 0.05) is 18.4 Å². The molecule has 0 fully saturated rings. The van der Waals surface area contributed by atoms with Crippen molar-refractivity contribution >= 4 is 41.2 Å². The van der Waals surface area contributed by atoms with Crippen LogP contribution in [0.1, 0.15) is 52.8 Å². The summed E-state index contributed by atoms with van der Waals surface area (Å²) in [6.45, 7) is 2.36. The Hall–Kier alpha value is -3.09. The van der Waals surface area contributed by atoms with Crippen LogP contribution in [-0.2, 0) is 24.2 Å². The van der Waals surface area contributed by atoms with E-state index in [0.717, 1.165) is 24.2 Å². The molecule has 0 aliphatic rings. The minimum absolute atomic E-state index is 0.0238. The van der Waals surface area contributed by atoms with E-state index in [-0.39, 0.29) is 34.1 Å². The molecule has 0 saturated heterocycles. The normalized spacial score (nSPS) is 11.5. The molecule has 6 nitrogen and oxygen atoms in total. The van der Waals surface area contributed by atoms with E-state index in [1.54, 1.807) is 18.3 Å². The number of hydrogen-bond acceptors (Lipinski definition) is 3. The topological polar surface area (TPSA) is 92.4 Å². The Morgan fingerprint density at radius 1 is 1.06 bits per heavy atom. The molecule has 0 atom stereocenters. The summed E-state index contributed by atoms with van der Waals surface area (Å²) < 4.78 is 1.90. The Kier molecular flexibility index (Phi) is 8.31. The number of aromatic carboxylic acids is 1. The van der Waals surface area contributed by atoms with Crippen molar-refractivity contribution < 1.29 is 19.8 Å². The molecule has 0 amide bonds. The molecule has 1 heterocycles. The molecule has 3 rings (SSSR count). The lowest BCUT2D eigenvalue weighted by atomic mass is 10.0. The number of aryl methyl sites for hydroxylation is 1. The molecule has 33 heavy (non-hydrogen) atoms. The number of carboxylic acids is 2. The van der Waals surface area contributed by atoms with Gasteiger partial charge in [-0.3, -0.25) is 0 Å². The van der Waals surface area contributed by atoms with Crippen LogP contribution in [0.25, 0.3) is 6.08 Å². The molecule has 3 aromatic rings. The summed E-state index contributed by atoms with van der Waals surface area (Å²) in [6.07, 6.45) is 6.16. The minimum Gasteiger partial charge on any atom is -0.478 e. The lowest BCUT2D eigenvalue weighted by Gasteiger charge is -2.14. The second-order valence-corrected chi connectivity index (χ2v) is 8.39. The Bertz CT molecular complexity index is 1190. The van der Waals surface area contributed by atoms with Gasteiger partial charge in [-0.2, -0.15) is 0 Å². The van der Waals surface area contributed by atoms with E-state index in [4.69, 9.17) is 23.2 Å². The van der Waals surface area contributed by atoms with Crippen LogP contribution in [0.15, 0.2) is 54.2 Å². The Labute approximate surface area is 202 Å². The van der Waals surface area contributed by atoms with Crippen LogP contribution in [0.3, 0.4) is 0 Å². The van der Waals surface area contributed by atoms with Gasteiger partial charge in [-0.05, 0) is 29.7 Å². The number of unbranched alkanes of at least 4 members (excludes halogenated alkanes) is 1. The Morgan fingerprint density at radius 3 is 2.42 bits per heavy atom. The van der Waals surface area contributed by atoms with Gasteiger partial charge in [0.05, 0.1) is 34.0 Å². The summed E-state index contributed by atoms with van der Waals surface area (Å²) in [5.41, 5.74) is 2.30. The van der Waals surface area contributed by atoms with E-state index in [2.05, 4.69) is 11.9 Å². The molecule has 0 unspecified atom stereocenters. The third kappa shape index (κ3) is 6.03. The third-order valence-electron chi connectivity index (χ3n) is 5.28. The van der Waals surface area contributed by atoms with E-state index in [0.29, 0.717) is 17.7 Å². The molecule has 0 aliphatic carbocycles. The van der Waals surface area contributed by atoms with Gasteiger partial charge in [0.15, 0.2) is 0 Å². The predicted molar refractivity (Wildman–Crippen MR) is 129 cm³/mol. The van der Waals surface area contributed by atoms with E-state index in [1.807, 2.05) is 34.9 Å². The highest BCUT2D eigenvalue weighted by atomic mass is 35.5. The van der Waals surface area contributed by atoms with Gasteiger partial charge in [-0.15, -0.1) is 0 Å². The summed E-state index contributed by atoms with van der Waals surface area (Å²) in [4.78, 5) is 27.8. The van der Waals surface area contributed by atoms with Crippen molar-refractivity contribution in [2.45, 2.75) is 39.2 Å². The smallest absolute Gasteiger partial charge is 0.337 e. The van der Waals surface area contributed by atoms with Crippen LogP contribution in [0.4, 0.5) is 0 Å². The van der Waals surface area contributed by atoms with Crippen LogP contribution in [0, 0.1) is 0 Å². The van der Waals surface area contributed by atoms with Gasteiger partial charge < -0.3 is 14.8 Å². The lowest BCUT2D eigenvalue weighted by Crippen LogP contribution is -2.10. The average molecular weight is 487 g/mol. The van der Waals surface area contributed by atoms with Crippen LogP contribution in [0.5, 0.6) is 0 Å². The molecule has 172 valence electrons. The Balaban J connectivity index is 2.03. The molecule has 0 saturated carbocycles. The van der Waals surface area contributed by atoms with Crippen LogP contribution in [0.2, 0.25) is 10.0 Å². The predicted octanol–water partition coefficient (Wildman–Crippen LogP) is 5.99. The standard InChI is InChI=1S/C25H24Cl2N2O4/c1-2-3-9-21-28-14-19(13-18(24(30)31)12-16-7-5-4-6-8-16)29(21)15-17-10-11-20(25(32)33)23(27)22(17)26/h4-8,10-11,13-14H,2-3,9,12,15H2,1H3,(H,30,31)(H,32,33)/b18-13+. The zero-order valence-electron chi connectivity index (χ0n) is 18.1. The van der Waals surface area contributed by atoms with Crippen molar-refractivity contribution in [3.8, 4) is 0 Å². The summed E-state index contributed by atoms with van der Waals surface area (Å²) in [5, 5.41) is 19.2. The van der Waals surface area contributed by atoms with Crippen LogP contribution < -0.4 is 0 Å². The van der Waals surface area contributed by atoms with E-state index in [9.17, 15) is 19.8 Å². The van der Waals surface area contributed by atoms with Gasteiger partial charge in [0.25, 0.3) is 0 Å². The lowest BCUT2D eigenvalue weighted by molar-refractivity contribution is -0.132. The first-order valence-corrected chi connectivity index (χ1v) is 11.3. The summed E-state index contributed by atoms with van der Waals surface area (Å²) in [7, 11) is 0. The monoisotopic (exact) mass is 486 g/mol.